The SMILES string of the molecule is CCCOC(=O)c1ccccc1N1C(=O)C(Sc2ccc(Cl)cc2)=C(N2CCc3ccccc3C2)C1=O. The summed E-state index contributed by atoms with van der Waals surface area (Å²) in [6.45, 7) is 3.27. The Morgan fingerprint density at radius 2 is 1.65 bits per heavy atom. The molecule has 8 heteroatoms. The van der Waals surface area contributed by atoms with Crippen molar-refractivity contribution in [3.63, 3.8) is 0 Å². The van der Waals surface area contributed by atoms with Crippen molar-refractivity contribution in [3.8, 4) is 0 Å². The maximum absolute atomic E-state index is 14.0. The molecule has 0 saturated carbocycles. The number of hydrogen-bond donors (Lipinski definition) is 0. The maximum Gasteiger partial charge on any atom is 0.340 e. The molecule has 2 amide bonds. The Balaban J connectivity index is 1.55. The third-order valence-corrected chi connectivity index (χ3v) is 7.63. The molecule has 5 rings (SSSR count). The molecule has 0 radical (unpaired) electrons. The molecule has 0 N–H and O–H groups in total. The number of carbonyl (C=O) groups excluding carboxylic acids is 3. The van der Waals surface area contributed by atoms with E-state index in [1.54, 1.807) is 36.4 Å². The largest absolute Gasteiger partial charge is 0.462 e. The summed E-state index contributed by atoms with van der Waals surface area (Å²) in [5.41, 5.74) is 3.11. The van der Waals surface area contributed by atoms with Crippen molar-refractivity contribution in [1.29, 1.82) is 0 Å². The van der Waals surface area contributed by atoms with Crippen molar-refractivity contribution in [3.05, 3.63) is 105 Å². The fourth-order valence-electron chi connectivity index (χ4n) is 4.51. The second-order valence-electron chi connectivity index (χ2n) is 8.77. The van der Waals surface area contributed by atoms with Gasteiger partial charge in [-0.3, -0.25) is 9.59 Å². The van der Waals surface area contributed by atoms with Gasteiger partial charge in [-0.25, -0.2) is 9.69 Å². The van der Waals surface area contributed by atoms with Crippen molar-refractivity contribution >= 4 is 46.8 Å². The van der Waals surface area contributed by atoms with Crippen LogP contribution in [0.4, 0.5) is 5.69 Å². The summed E-state index contributed by atoms with van der Waals surface area (Å²) in [5, 5.41) is 0.584. The van der Waals surface area contributed by atoms with E-state index in [2.05, 4.69) is 6.07 Å². The first-order valence-corrected chi connectivity index (χ1v) is 13.3. The van der Waals surface area contributed by atoms with E-state index in [4.69, 9.17) is 16.3 Å². The van der Waals surface area contributed by atoms with Crippen LogP contribution in [0.1, 0.15) is 34.8 Å². The molecule has 0 unspecified atom stereocenters. The molecule has 0 atom stereocenters. The van der Waals surface area contributed by atoms with E-state index < -0.39 is 17.8 Å². The number of hydrogen-bond acceptors (Lipinski definition) is 6. The maximum atomic E-state index is 14.0. The zero-order valence-corrected chi connectivity index (χ0v) is 21.8. The lowest BCUT2D eigenvalue weighted by molar-refractivity contribution is -0.121. The Morgan fingerprint density at radius 1 is 0.946 bits per heavy atom. The summed E-state index contributed by atoms with van der Waals surface area (Å²) in [6, 6.07) is 21.8. The molecule has 37 heavy (non-hydrogen) atoms. The van der Waals surface area contributed by atoms with Gasteiger partial charge in [0, 0.05) is 23.0 Å². The van der Waals surface area contributed by atoms with Gasteiger partial charge in [0.25, 0.3) is 11.8 Å². The number of benzene rings is 3. The topological polar surface area (TPSA) is 66.9 Å². The molecular formula is C29H25ClN2O4S. The van der Waals surface area contributed by atoms with E-state index in [-0.39, 0.29) is 17.9 Å². The van der Waals surface area contributed by atoms with Crippen LogP contribution in [0, 0.1) is 0 Å². The van der Waals surface area contributed by atoms with Crippen LogP contribution < -0.4 is 4.90 Å². The van der Waals surface area contributed by atoms with E-state index >= 15 is 0 Å². The fourth-order valence-corrected chi connectivity index (χ4v) is 5.63. The van der Waals surface area contributed by atoms with Gasteiger partial charge in [-0.05, 0) is 60.4 Å². The van der Waals surface area contributed by atoms with Crippen molar-refractivity contribution < 1.29 is 19.1 Å². The number of ether oxygens (including phenoxy) is 1. The molecule has 6 nitrogen and oxygen atoms in total. The smallest absolute Gasteiger partial charge is 0.340 e. The van der Waals surface area contributed by atoms with Crippen LogP contribution >= 0.6 is 23.4 Å². The zero-order valence-electron chi connectivity index (χ0n) is 20.3. The first-order chi connectivity index (χ1) is 18.0. The Kier molecular flexibility index (Phi) is 7.35. The Hall–Kier alpha value is -3.55. The van der Waals surface area contributed by atoms with Gasteiger partial charge < -0.3 is 9.64 Å². The Morgan fingerprint density at radius 3 is 2.41 bits per heavy atom. The van der Waals surface area contributed by atoms with Gasteiger partial charge in [-0.2, -0.15) is 0 Å². The van der Waals surface area contributed by atoms with Crippen molar-refractivity contribution in [1.82, 2.24) is 4.90 Å². The first-order valence-electron chi connectivity index (χ1n) is 12.1. The van der Waals surface area contributed by atoms with E-state index in [1.165, 1.54) is 17.3 Å². The number of para-hydroxylation sites is 1. The Labute approximate surface area is 224 Å². The standard InChI is InChI=1S/C29H25ClN2O4S/c1-2-17-36-29(35)23-9-5-6-10-24(23)32-27(33)25(31-16-15-19-7-3-4-8-20(19)18-31)26(28(32)34)37-22-13-11-21(30)12-14-22/h3-14H,2,15-18H2,1H3. The molecule has 0 saturated heterocycles. The first kappa shape index (κ1) is 25.1. The van der Waals surface area contributed by atoms with Crippen LogP contribution in [0.25, 0.3) is 0 Å². The monoisotopic (exact) mass is 532 g/mol. The average molecular weight is 533 g/mol. The van der Waals surface area contributed by atoms with Crippen molar-refractivity contribution in [2.45, 2.75) is 31.2 Å². The molecule has 2 aliphatic rings. The summed E-state index contributed by atoms with van der Waals surface area (Å²) in [4.78, 5) is 44.9. The number of fused-ring (bicyclic) bond motifs is 1. The number of esters is 1. The van der Waals surface area contributed by atoms with E-state index in [0.29, 0.717) is 35.1 Å². The molecule has 0 spiro atoms. The van der Waals surface area contributed by atoms with E-state index in [0.717, 1.165) is 21.8 Å². The van der Waals surface area contributed by atoms with Gasteiger partial charge in [0.2, 0.25) is 0 Å². The molecule has 0 aromatic heterocycles. The molecule has 0 bridgehead atoms. The molecule has 2 aliphatic heterocycles. The number of anilines is 1. The second kappa shape index (κ2) is 10.8. The van der Waals surface area contributed by atoms with Crippen molar-refractivity contribution in [2.75, 3.05) is 18.1 Å². The predicted molar refractivity (Wildman–Crippen MR) is 144 cm³/mol. The third-order valence-electron chi connectivity index (χ3n) is 6.30. The fraction of sp³-hybridized carbons (Fsp3) is 0.207. The zero-order chi connectivity index (χ0) is 25.9. The van der Waals surface area contributed by atoms with Gasteiger partial charge in [-0.15, -0.1) is 0 Å². The van der Waals surface area contributed by atoms with Crippen LogP contribution in [0.3, 0.4) is 0 Å². The third kappa shape index (κ3) is 5.02. The molecular weight excluding hydrogens is 508 g/mol. The van der Waals surface area contributed by atoms with Crippen LogP contribution in [0.5, 0.6) is 0 Å². The highest BCUT2D eigenvalue weighted by Gasteiger charge is 2.44. The number of thioether (sulfide) groups is 1. The van der Waals surface area contributed by atoms with Crippen LogP contribution in [-0.2, 0) is 27.3 Å². The predicted octanol–water partition coefficient (Wildman–Crippen LogP) is 5.84. The van der Waals surface area contributed by atoms with Crippen LogP contribution in [0.2, 0.25) is 5.02 Å². The molecule has 0 fully saturated rings. The van der Waals surface area contributed by atoms with Gasteiger partial charge in [-0.1, -0.05) is 66.7 Å². The number of carbonyl (C=O) groups is 3. The van der Waals surface area contributed by atoms with Gasteiger partial charge in [0.1, 0.15) is 10.6 Å². The Bertz CT molecular complexity index is 1400. The van der Waals surface area contributed by atoms with Gasteiger partial charge in [0.15, 0.2) is 0 Å². The number of imide groups is 1. The summed E-state index contributed by atoms with van der Waals surface area (Å²) in [6.07, 6.45) is 1.43. The number of rotatable bonds is 7. The summed E-state index contributed by atoms with van der Waals surface area (Å²) in [5.74, 6) is -1.48. The van der Waals surface area contributed by atoms with Gasteiger partial charge >= 0.3 is 5.97 Å². The summed E-state index contributed by atoms with van der Waals surface area (Å²) in [7, 11) is 0. The minimum atomic E-state index is -0.565. The summed E-state index contributed by atoms with van der Waals surface area (Å²) < 4.78 is 5.33. The van der Waals surface area contributed by atoms with Gasteiger partial charge in [0.05, 0.1) is 17.9 Å². The van der Waals surface area contributed by atoms with Crippen molar-refractivity contribution in [2.24, 2.45) is 0 Å². The molecule has 188 valence electrons. The molecule has 3 aromatic carbocycles. The average Bonchev–Trinajstić information content (AvgIpc) is 3.16. The minimum absolute atomic E-state index is 0.179. The lowest BCUT2D eigenvalue weighted by Gasteiger charge is -2.31. The number of halogens is 1. The number of nitrogens with zero attached hydrogens (tertiary/aromatic N) is 2. The normalized spacial score (nSPS) is 15.3. The molecule has 3 aromatic rings. The highest BCUT2D eigenvalue weighted by atomic mass is 35.5. The minimum Gasteiger partial charge on any atom is -0.462 e. The quantitative estimate of drug-likeness (QED) is 0.281. The lowest BCUT2D eigenvalue weighted by atomic mass is 9.99. The molecule has 0 aliphatic carbocycles. The lowest BCUT2D eigenvalue weighted by Crippen LogP contribution is -2.38. The van der Waals surface area contributed by atoms with E-state index in [1.807, 2.05) is 42.2 Å². The highest BCUT2D eigenvalue weighted by Crippen LogP contribution is 2.41. The number of amides is 2. The summed E-state index contributed by atoms with van der Waals surface area (Å²) >= 11 is 7.29. The molecule has 2 heterocycles. The highest BCUT2D eigenvalue weighted by molar-refractivity contribution is 8.04. The van der Waals surface area contributed by atoms with E-state index in [9.17, 15) is 14.4 Å². The van der Waals surface area contributed by atoms with Crippen LogP contribution in [0.15, 0.2) is 88.3 Å². The second-order valence-corrected chi connectivity index (χ2v) is 10.3. The van der Waals surface area contributed by atoms with Crippen LogP contribution in [-0.4, -0.2) is 35.8 Å².